The Morgan fingerprint density at radius 2 is 2.11 bits per heavy atom. The molecule has 0 aliphatic rings. The molecule has 1 rings (SSSR count). The number of rotatable bonds is 5. The molecule has 0 radical (unpaired) electrons. The van der Waals surface area contributed by atoms with E-state index in [2.05, 4.69) is 10.1 Å². The first-order valence-corrected chi connectivity index (χ1v) is 5.57. The van der Waals surface area contributed by atoms with Gasteiger partial charge < -0.3 is 14.1 Å². The first-order valence-electron chi connectivity index (χ1n) is 5.57. The van der Waals surface area contributed by atoms with Crippen LogP contribution in [0.15, 0.2) is 16.5 Å². The van der Waals surface area contributed by atoms with Crippen LogP contribution in [0, 0.1) is 0 Å². The number of nitrogens with zero attached hydrogens (tertiary/aromatic N) is 1. The quantitative estimate of drug-likeness (QED) is 0.787. The SMILES string of the molecule is COC(=O)c1ccc(C(C)NCC(=O)N(C)C)o1. The Morgan fingerprint density at radius 1 is 1.44 bits per heavy atom. The van der Waals surface area contributed by atoms with Gasteiger partial charge in [-0.3, -0.25) is 10.1 Å². The molecule has 1 heterocycles. The summed E-state index contributed by atoms with van der Waals surface area (Å²) in [6, 6.07) is 3.07. The van der Waals surface area contributed by atoms with Crippen molar-refractivity contribution < 1.29 is 18.7 Å². The fraction of sp³-hybridized carbons (Fsp3) is 0.500. The van der Waals surface area contributed by atoms with Crippen LogP contribution in [0.3, 0.4) is 0 Å². The van der Waals surface area contributed by atoms with Crippen molar-refractivity contribution in [3.63, 3.8) is 0 Å². The highest BCUT2D eigenvalue weighted by molar-refractivity contribution is 5.86. The number of esters is 1. The summed E-state index contributed by atoms with van der Waals surface area (Å²) in [4.78, 5) is 24.1. The predicted octanol–water partition coefficient (Wildman–Crippen LogP) is 0.805. The van der Waals surface area contributed by atoms with E-state index in [1.165, 1.54) is 12.0 Å². The Bertz CT molecular complexity index is 425. The zero-order valence-electron chi connectivity index (χ0n) is 11.0. The molecule has 6 heteroatoms. The lowest BCUT2D eigenvalue weighted by Crippen LogP contribution is -2.34. The van der Waals surface area contributed by atoms with Crippen molar-refractivity contribution in [3.05, 3.63) is 23.7 Å². The van der Waals surface area contributed by atoms with E-state index in [-0.39, 0.29) is 24.3 Å². The number of likely N-dealkylation sites (N-methyl/N-ethyl adjacent to an activating group) is 1. The highest BCUT2D eigenvalue weighted by atomic mass is 16.5. The van der Waals surface area contributed by atoms with Crippen LogP contribution in [0.25, 0.3) is 0 Å². The van der Waals surface area contributed by atoms with Crippen LogP contribution in [-0.2, 0) is 9.53 Å². The van der Waals surface area contributed by atoms with E-state index in [4.69, 9.17) is 4.42 Å². The van der Waals surface area contributed by atoms with Gasteiger partial charge in [-0.05, 0) is 19.1 Å². The number of hydrogen-bond acceptors (Lipinski definition) is 5. The third kappa shape index (κ3) is 3.59. The molecule has 1 amide bonds. The lowest BCUT2D eigenvalue weighted by atomic mass is 10.2. The summed E-state index contributed by atoms with van der Waals surface area (Å²) in [7, 11) is 4.68. The fourth-order valence-electron chi connectivity index (χ4n) is 1.29. The van der Waals surface area contributed by atoms with Crippen molar-refractivity contribution in [1.82, 2.24) is 10.2 Å². The summed E-state index contributed by atoms with van der Waals surface area (Å²) in [6.07, 6.45) is 0. The molecule has 1 unspecified atom stereocenters. The topological polar surface area (TPSA) is 71.8 Å². The molecule has 0 aliphatic heterocycles. The van der Waals surface area contributed by atoms with Gasteiger partial charge >= 0.3 is 5.97 Å². The molecule has 0 spiro atoms. The standard InChI is InChI=1S/C12H18N2O4/c1-8(13-7-11(15)14(2)3)9-5-6-10(18-9)12(16)17-4/h5-6,8,13H,7H2,1-4H3. The first kappa shape index (κ1) is 14.2. The molecule has 100 valence electrons. The molecule has 0 bridgehead atoms. The third-order valence-electron chi connectivity index (χ3n) is 2.50. The maximum atomic E-state index is 11.4. The molecule has 1 aromatic rings. The van der Waals surface area contributed by atoms with Crippen molar-refractivity contribution >= 4 is 11.9 Å². The Kier molecular flexibility index (Phi) is 4.91. The Morgan fingerprint density at radius 3 is 2.67 bits per heavy atom. The molecule has 0 saturated carbocycles. The second kappa shape index (κ2) is 6.20. The van der Waals surface area contributed by atoms with Crippen LogP contribution < -0.4 is 5.32 Å². The van der Waals surface area contributed by atoms with Crippen molar-refractivity contribution in [2.24, 2.45) is 0 Å². The van der Waals surface area contributed by atoms with Crippen molar-refractivity contribution in [2.45, 2.75) is 13.0 Å². The van der Waals surface area contributed by atoms with Crippen LogP contribution in [0.1, 0.15) is 29.3 Å². The normalized spacial score (nSPS) is 12.0. The maximum Gasteiger partial charge on any atom is 0.373 e. The second-order valence-corrected chi connectivity index (χ2v) is 4.08. The van der Waals surface area contributed by atoms with Gasteiger partial charge in [0.2, 0.25) is 11.7 Å². The summed E-state index contributed by atoms with van der Waals surface area (Å²) in [6.45, 7) is 2.06. The fourth-order valence-corrected chi connectivity index (χ4v) is 1.29. The summed E-state index contributed by atoms with van der Waals surface area (Å²) >= 11 is 0. The van der Waals surface area contributed by atoms with Gasteiger partial charge in [0.1, 0.15) is 5.76 Å². The van der Waals surface area contributed by atoms with E-state index in [1.54, 1.807) is 26.2 Å². The number of furan rings is 1. The van der Waals surface area contributed by atoms with Crippen LogP contribution in [0.5, 0.6) is 0 Å². The maximum absolute atomic E-state index is 11.4. The van der Waals surface area contributed by atoms with Gasteiger partial charge in [0.25, 0.3) is 0 Å². The van der Waals surface area contributed by atoms with Gasteiger partial charge in [-0.2, -0.15) is 0 Å². The van der Waals surface area contributed by atoms with Gasteiger partial charge in [-0.1, -0.05) is 0 Å². The van der Waals surface area contributed by atoms with Crippen molar-refractivity contribution in [1.29, 1.82) is 0 Å². The van der Waals surface area contributed by atoms with Crippen LogP contribution >= 0.6 is 0 Å². The lowest BCUT2D eigenvalue weighted by Gasteiger charge is -2.14. The molecular weight excluding hydrogens is 236 g/mol. The van der Waals surface area contributed by atoms with Crippen LogP contribution in [0.4, 0.5) is 0 Å². The lowest BCUT2D eigenvalue weighted by molar-refractivity contribution is -0.127. The number of hydrogen-bond donors (Lipinski definition) is 1. The number of methoxy groups -OCH3 is 1. The van der Waals surface area contributed by atoms with Gasteiger partial charge in [0.15, 0.2) is 0 Å². The van der Waals surface area contributed by atoms with E-state index in [0.29, 0.717) is 5.76 Å². The van der Waals surface area contributed by atoms with Gasteiger partial charge in [-0.25, -0.2) is 4.79 Å². The van der Waals surface area contributed by atoms with Crippen LogP contribution in [0.2, 0.25) is 0 Å². The Balaban J connectivity index is 2.57. The number of nitrogens with one attached hydrogen (secondary N) is 1. The molecule has 1 N–H and O–H groups in total. The highest BCUT2D eigenvalue weighted by Crippen LogP contribution is 2.16. The molecule has 0 fully saturated rings. The molecule has 0 aliphatic carbocycles. The minimum atomic E-state index is -0.516. The summed E-state index contributed by atoms with van der Waals surface area (Å²) in [5.41, 5.74) is 0. The predicted molar refractivity (Wildman–Crippen MR) is 65.2 cm³/mol. The third-order valence-corrected chi connectivity index (χ3v) is 2.50. The minimum Gasteiger partial charge on any atom is -0.463 e. The van der Waals surface area contributed by atoms with E-state index >= 15 is 0 Å². The van der Waals surface area contributed by atoms with E-state index in [0.717, 1.165) is 0 Å². The van der Waals surface area contributed by atoms with Gasteiger partial charge in [0.05, 0.1) is 19.7 Å². The van der Waals surface area contributed by atoms with Gasteiger partial charge in [0, 0.05) is 14.1 Å². The second-order valence-electron chi connectivity index (χ2n) is 4.08. The van der Waals surface area contributed by atoms with Gasteiger partial charge in [-0.15, -0.1) is 0 Å². The highest BCUT2D eigenvalue weighted by Gasteiger charge is 2.16. The summed E-state index contributed by atoms with van der Waals surface area (Å²) < 4.78 is 9.87. The van der Waals surface area contributed by atoms with E-state index in [1.807, 2.05) is 6.92 Å². The van der Waals surface area contributed by atoms with Crippen LogP contribution in [-0.4, -0.2) is 44.5 Å². The largest absolute Gasteiger partial charge is 0.463 e. The molecular formula is C12H18N2O4. The average Bonchev–Trinajstić information content (AvgIpc) is 2.83. The molecule has 1 atom stereocenters. The molecule has 6 nitrogen and oxygen atoms in total. The average molecular weight is 254 g/mol. The zero-order valence-corrected chi connectivity index (χ0v) is 11.0. The number of carbonyl (C=O) groups is 2. The zero-order chi connectivity index (χ0) is 13.7. The Hall–Kier alpha value is -1.82. The van der Waals surface area contributed by atoms with E-state index in [9.17, 15) is 9.59 Å². The smallest absolute Gasteiger partial charge is 0.373 e. The minimum absolute atomic E-state index is 0.0263. The molecule has 0 saturated heterocycles. The van der Waals surface area contributed by atoms with E-state index < -0.39 is 5.97 Å². The number of ether oxygens (including phenoxy) is 1. The van der Waals surface area contributed by atoms with Crippen molar-refractivity contribution in [3.8, 4) is 0 Å². The first-order chi connectivity index (χ1) is 8.45. The number of amides is 1. The summed E-state index contributed by atoms with van der Waals surface area (Å²) in [5.74, 6) is 0.196. The number of carbonyl (C=O) groups excluding carboxylic acids is 2. The Labute approximate surface area is 106 Å². The molecule has 18 heavy (non-hydrogen) atoms. The molecule has 1 aromatic heterocycles. The monoisotopic (exact) mass is 254 g/mol. The van der Waals surface area contributed by atoms with Crippen molar-refractivity contribution in [2.75, 3.05) is 27.7 Å². The summed E-state index contributed by atoms with van der Waals surface area (Å²) in [5, 5.41) is 3.01. The molecule has 0 aromatic carbocycles.